The van der Waals surface area contributed by atoms with Gasteiger partial charge in [0.05, 0.1) is 6.10 Å². The maximum absolute atomic E-state index is 11.7. The van der Waals surface area contributed by atoms with Gasteiger partial charge in [-0.05, 0) is 39.0 Å². The lowest BCUT2D eigenvalue weighted by atomic mass is 10.1. The summed E-state index contributed by atoms with van der Waals surface area (Å²) in [6, 6.07) is -0.980. The van der Waals surface area contributed by atoms with Crippen molar-refractivity contribution >= 4 is 17.8 Å². The van der Waals surface area contributed by atoms with Crippen LogP contribution in [0.5, 0.6) is 0 Å². The summed E-state index contributed by atoms with van der Waals surface area (Å²) in [6.07, 6.45) is 9.21. The minimum atomic E-state index is -1.10. The number of nitrogens with two attached hydrogens (primary N) is 2. The van der Waals surface area contributed by atoms with Gasteiger partial charge >= 0.3 is 5.97 Å². The number of hydrogen-bond acceptors (Lipinski definition) is 4. The van der Waals surface area contributed by atoms with Crippen LogP contribution in [-0.2, 0) is 9.59 Å². The van der Waals surface area contributed by atoms with Gasteiger partial charge in [-0.1, -0.05) is 18.2 Å². The van der Waals surface area contributed by atoms with Crippen LogP contribution in [0.4, 0.5) is 0 Å². The quantitative estimate of drug-likeness (QED) is 0.113. The normalized spacial score (nSPS) is 13.8. The lowest BCUT2D eigenvalue weighted by Gasteiger charge is -2.12. The van der Waals surface area contributed by atoms with Crippen molar-refractivity contribution < 1.29 is 19.8 Å². The van der Waals surface area contributed by atoms with Crippen LogP contribution in [0.1, 0.15) is 39.0 Å². The zero-order chi connectivity index (χ0) is 18.4. The van der Waals surface area contributed by atoms with Crippen LogP contribution in [0, 0.1) is 0 Å². The SMILES string of the molecule is C[C@H](O)CCC/C=C/C=C/C(=O)N[C@@H](CCCN=C(N)N)C(=O)O. The molecule has 0 unspecified atom stereocenters. The number of aliphatic carboxylic acids is 1. The lowest BCUT2D eigenvalue weighted by molar-refractivity contribution is -0.141. The van der Waals surface area contributed by atoms with Gasteiger partial charge in [-0.2, -0.15) is 0 Å². The van der Waals surface area contributed by atoms with Crippen molar-refractivity contribution in [3.63, 3.8) is 0 Å². The highest BCUT2D eigenvalue weighted by Gasteiger charge is 2.17. The molecule has 8 heteroatoms. The van der Waals surface area contributed by atoms with E-state index >= 15 is 0 Å². The molecule has 0 fully saturated rings. The highest BCUT2D eigenvalue weighted by molar-refractivity contribution is 5.91. The zero-order valence-electron chi connectivity index (χ0n) is 14.0. The third-order valence-corrected chi connectivity index (χ3v) is 3.05. The molecule has 0 aliphatic rings. The number of rotatable bonds is 12. The standard InChI is InChI=1S/C16H28N4O4/c1-12(21)8-5-3-2-4-6-10-14(22)20-13(15(23)24)9-7-11-19-16(17)18/h2,4,6,10,12-13,21H,3,5,7-9,11H2,1H3,(H,20,22)(H,23,24)(H4,17,18,19)/b4-2+,10-6+/t12-,13-/m0/s1. The number of allylic oxidation sites excluding steroid dienone is 3. The number of nitrogens with zero attached hydrogens (tertiary/aromatic N) is 1. The van der Waals surface area contributed by atoms with Gasteiger partial charge in [0.1, 0.15) is 6.04 Å². The van der Waals surface area contributed by atoms with Crippen molar-refractivity contribution in [2.45, 2.75) is 51.2 Å². The van der Waals surface area contributed by atoms with Gasteiger partial charge < -0.3 is 27.0 Å². The number of guanidine groups is 1. The van der Waals surface area contributed by atoms with Crippen molar-refractivity contribution in [1.29, 1.82) is 0 Å². The number of carbonyl (C=O) groups is 2. The fourth-order valence-corrected chi connectivity index (χ4v) is 1.83. The predicted octanol–water partition coefficient (Wildman–Crippen LogP) is 0.273. The molecule has 0 bridgehead atoms. The second kappa shape index (κ2) is 13.1. The highest BCUT2D eigenvalue weighted by Crippen LogP contribution is 2.01. The van der Waals surface area contributed by atoms with Crippen molar-refractivity contribution in [2.75, 3.05) is 6.54 Å². The van der Waals surface area contributed by atoms with Gasteiger partial charge in [0.25, 0.3) is 0 Å². The summed E-state index contributed by atoms with van der Waals surface area (Å²) < 4.78 is 0. The number of carboxylic acids is 1. The van der Waals surface area contributed by atoms with E-state index in [0.717, 1.165) is 19.3 Å². The van der Waals surface area contributed by atoms with Crippen molar-refractivity contribution in [3.8, 4) is 0 Å². The Labute approximate surface area is 142 Å². The molecule has 0 heterocycles. The molecule has 0 aliphatic heterocycles. The first kappa shape index (κ1) is 21.6. The van der Waals surface area contributed by atoms with Crippen LogP contribution in [-0.4, -0.2) is 46.7 Å². The van der Waals surface area contributed by atoms with Crippen molar-refractivity contribution in [3.05, 3.63) is 24.3 Å². The van der Waals surface area contributed by atoms with E-state index in [1.54, 1.807) is 19.1 Å². The van der Waals surface area contributed by atoms with Gasteiger partial charge in [0.15, 0.2) is 5.96 Å². The van der Waals surface area contributed by atoms with Crippen LogP contribution in [0.2, 0.25) is 0 Å². The first-order valence-corrected chi connectivity index (χ1v) is 7.93. The third-order valence-electron chi connectivity index (χ3n) is 3.05. The Morgan fingerprint density at radius 3 is 2.50 bits per heavy atom. The number of aliphatic hydroxyl groups is 1. The lowest BCUT2D eigenvalue weighted by Crippen LogP contribution is -2.40. The Morgan fingerprint density at radius 1 is 1.21 bits per heavy atom. The minimum absolute atomic E-state index is 0.0472. The molecule has 0 aromatic carbocycles. The average molecular weight is 340 g/mol. The van der Waals surface area contributed by atoms with E-state index < -0.39 is 17.9 Å². The van der Waals surface area contributed by atoms with E-state index in [4.69, 9.17) is 21.7 Å². The van der Waals surface area contributed by atoms with Gasteiger partial charge in [-0.15, -0.1) is 0 Å². The number of unbranched alkanes of at least 4 members (excludes halogenated alkanes) is 1. The molecule has 8 nitrogen and oxygen atoms in total. The number of carboxylic acid groups (broad SMARTS) is 1. The number of aliphatic hydroxyl groups excluding tert-OH is 1. The summed E-state index contributed by atoms with van der Waals surface area (Å²) in [4.78, 5) is 26.5. The van der Waals surface area contributed by atoms with Crippen LogP contribution >= 0.6 is 0 Å². The van der Waals surface area contributed by atoms with E-state index in [1.165, 1.54) is 6.08 Å². The van der Waals surface area contributed by atoms with Crippen molar-refractivity contribution in [2.24, 2.45) is 16.5 Å². The Kier molecular flexibility index (Phi) is 11.8. The topological polar surface area (TPSA) is 151 Å². The molecule has 0 radical (unpaired) electrons. The molecule has 0 aromatic rings. The molecule has 0 aromatic heterocycles. The highest BCUT2D eigenvalue weighted by atomic mass is 16.4. The molecule has 2 atom stereocenters. The molecule has 0 saturated heterocycles. The predicted molar refractivity (Wildman–Crippen MR) is 93.3 cm³/mol. The first-order chi connectivity index (χ1) is 11.3. The second-order valence-electron chi connectivity index (χ2n) is 5.42. The van der Waals surface area contributed by atoms with E-state index in [-0.39, 0.29) is 18.5 Å². The Bertz CT molecular complexity index is 469. The van der Waals surface area contributed by atoms with Crippen LogP contribution < -0.4 is 16.8 Å². The van der Waals surface area contributed by atoms with E-state index in [2.05, 4.69) is 10.3 Å². The first-order valence-electron chi connectivity index (χ1n) is 7.93. The fraction of sp³-hybridized carbons (Fsp3) is 0.562. The molecular formula is C16H28N4O4. The van der Waals surface area contributed by atoms with E-state index in [1.807, 2.05) is 6.08 Å². The monoisotopic (exact) mass is 340 g/mol. The summed E-state index contributed by atoms with van der Waals surface area (Å²) in [5.41, 5.74) is 10.4. The summed E-state index contributed by atoms with van der Waals surface area (Å²) in [5.74, 6) is -1.62. The minimum Gasteiger partial charge on any atom is -0.480 e. The number of amides is 1. The van der Waals surface area contributed by atoms with Crippen LogP contribution in [0.25, 0.3) is 0 Å². The Balaban J connectivity index is 4.13. The van der Waals surface area contributed by atoms with Gasteiger partial charge in [-0.3, -0.25) is 9.79 Å². The zero-order valence-corrected chi connectivity index (χ0v) is 14.0. The average Bonchev–Trinajstić information content (AvgIpc) is 2.48. The molecular weight excluding hydrogens is 312 g/mol. The molecule has 7 N–H and O–H groups in total. The van der Waals surface area contributed by atoms with Crippen molar-refractivity contribution in [1.82, 2.24) is 5.32 Å². The molecule has 1 amide bonds. The number of aliphatic imine (C=N–C) groups is 1. The van der Waals surface area contributed by atoms with Crippen LogP contribution in [0.3, 0.4) is 0 Å². The fourth-order valence-electron chi connectivity index (χ4n) is 1.83. The maximum atomic E-state index is 11.7. The van der Waals surface area contributed by atoms with Crippen LogP contribution in [0.15, 0.2) is 29.3 Å². The number of carbonyl (C=O) groups excluding carboxylic acids is 1. The molecule has 0 saturated carbocycles. The van der Waals surface area contributed by atoms with Gasteiger partial charge in [0, 0.05) is 12.6 Å². The van der Waals surface area contributed by atoms with Gasteiger partial charge in [0.2, 0.25) is 5.91 Å². The third kappa shape index (κ3) is 13.3. The molecule has 0 spiro atoms. The van der Waals surface area contributed by atoms with E-state index in [0.29, 0.717) is 13.0 Å². The number of hydrogen-bond donors (Lipinski definition) is 5. The second-order valence-corrected chi connectivity index (χ2v) is 5.42. The van der Waals surface area contributed by atoms with E-state index in [9.17, 15) is 9.59 Å². The summed E-state index contributed by atoms with van der Waals surface area (Å²) in [5, 5.41) is 20.6. The molecule has 136 valence electrons. The molecule has 24 heavy (non-hydrogen) atoms. The summed E-state index contributed by atoms with van der Waals surface area (Å²) >= 11 is 0. The number of nitrogens with one attached hydrogen (secondary N) is 1. The summed E-state index contributed by atoms with van der Waals surface area (Å²) in [6.45, 7) is 2.05. The summed E-state index contributed by atoms with van der Waals surface area (Å²) in [7, 11) is 0. The smallest absolute Gasteiger partial charge is 0.326 e. The molecule has 0 aliphatic carbocycles. The maximum Gasteiger partial charge on any atom is 0.326 e. The largest absolute Gasteiger partial charge is 0.480 e. The molecule has 0 rings (SSSR count). The Hall–Kier alpha value is -2.35. The Morgan fingerprint density at radius 2 is 1.92 bits per heavy atom. The van der Waals surface area contributed by atoms with Gasteiger partial charge in [-0.25, -0.2) is 4.79 Å².